The Bertz CT molecular complexity index is 1140. The molecule has 5 nitrogen and oxygen atoms in total. The van der Waals surface area contributed by atoms with Crippen LogP contribution >= 0.6 is 22.9 Å². The molecule has 29 heavy (non-hydrogen) atoms. The van der Waals surface area contributed by atoms with E-state index in [4.69, 9.17) is 21.3 Å². The maximum Gasteiger partial charge on any atom is 0.260 e. The van der Waals surface area contributed by atoms with Crippen LogP contribution in [0.3, 0.4) is 0 Å². The van der Waals surface area contributed by atoms with Crippen LogP contribution in [0.5, 0.6) is 5.75 Å². The fourth-order valence-electron chi connectivity index (χ4n) is 3.00. The highest BCUT2D eigenvalue weighted by Gasteiger charge is 2.23. The van der Waals surface area contributed by atoms with E-state index >= 15 is 0 Å². The topological polar surface area (TPSA) is 55.3 Å². The predicted molar refractivity (Wildman–Crippen MR) is 117 cm³/mol. The van der Waals surface area contributed by atoms with Crippen LogP contribution < -0.4 is 9.64 Å². The second-order valence-electron chi connectivity index (χ2n) is 6.48. The average Bonchev–Trinajstić information content (AvgIpc) is 3.21. The van der Waals surface area contributed by atoms with Crippen molar-refractivity contribution in [3.63, 3.8) is 0 Å². The number of ether oxygens (including phenoxy) is 1. The summed E-state index contributed by atoms with van der Waals surface area (Å²) in [4.78, 5) is 24.2. The number of rotatable bonds is 5. The molecule has 0 aliphatic heterocycles. The average molecular weight is 424 g/mol. The maximum absolute atomic E-state index is 13.4. The molecule has 0 spiro atoms. The fourth-order valence-corrected chi connectivity index (χ4v) is 4.31. The summed E-state index contributed by atoms with van der Waals surface area (Å²) in [7, 11) is 1.58. The largest absolute Gasteiger partial charge is 0.497 e. The molecule has 2 aromatic heterocycles. The standard InChI is InChI=1S/C22H18ClN3O2S/c1-14-9-10-18(23)20-19(14)25-22(29-20)26(13-16-7-3-4-11-24-16)21(27)15-6-5-8-17(12-15)28-2/h3-12H,13H2,1-2H3. The van der Waals surface area contributed by atoms with Crippen LogP contribution in [-0.2, 0) is 6.54 Å². The van der Waals surface area contributed by atoms with Gasteiger partial charge in [-0.05, 0) is 48.9 Å². The zero-order valence-corrected chi connectivity index (χ0v) is 17.5. The number of thiazole rings is 1. The normalized spacial score (nSPS) is 10.9. The molecule has 0 atom stereocenters. The van der Waals surface area contributed by atoms with Crippen molar-refractivity contribution in [1.29, 1.82) is 0 Å². The van der Waals surface area contributed by atoms with E-state index in [1.165, 1.54) is 11.3 Å². The van der Waals surface area contributed by atoms with Gasteiger partial charge >= 0.3 is 0 Å². The number of nitrogens with zero attached hydrogens (tertiary/aromatic N) is 3. The van der Waals surface area contributed by atoms with E-state index < -0.39 is 0 Å². The van der Waals surface area contributed by atoms with Crippen LogP contribution in [0.25, 0.3) is 10.2 Å². The number of carbonyl (C=O) groups excluding carboxylic acids is 1. The minimum absolute atomic E-state index is 0.178. The van der Waals surface area contributed by atoms with E-state index in [-0.39, 0.29) is 5.91 Å². The third-order valence-electron chi connectivity index (χ3n) is 4.52. The monoisotopic (exact) mass is 423 g/mol. The first-order valence-corrected chi connectivity index (χ1v) is 10.2. The molecule has 7 heteroatoms. The lowest BCUT2D eigenvalue weighted by atomic mass is 10.2. The minimum atomic E-state index is -0.178. The third-order valence-corrected chi connectivity index (χ3v) is 6.06. The lowest BCUT2D eigenvalue weighted by molar-refractivity contribution is 0.0984. The van der Waals surface area contributed by atoms with Crippen LogP contribution in [0, 0.1) is 6.92 Å². The molecule has 1 amide bonds. The molecule has 0 aliphatic carbocycles. The number of hydrogen-bond donors (Lipinski definition) is 0. The molecule has 0 radical (unpaired) electrons. The summed E-state index contributed by atoms with van der Waals surface area (Å²) in [6.45, 7) is 2.28. The SMILES string of the molecule is COc1cccc(C(=O)N(Cc2ccccn2)c2nc3c(C)ccc(Cl)c3s2)c1. The number of aromatic nitrogens is 2. The Morgan fingerprint density at radius 1 is 1.17 bits per heavy atom. The summed E-state index contributed by atoms with van der Waals surface area (Å²) >= 11 is 7.78. The lowest BCUT2D eigenvalue weighted by Crippen LogP contribution is -2.30. The van der Waals surface area contributed by atoms with Gasteiger partial charge < -0.3 is 4.74 Å². The summed E-state index contributed by atoms with van der Waals surface area (Å²) in [6.07, 6.45) is 1.71. The number of pyridine rings is 1. The number of amides is 1. The molecule has 2 aromatic carbocycles. The maximum atomic E-state index is 13.4. The molecule has 0 saturated carbocycles. The Labute approximate surface area is 177 Å². The molecule has 4 aromatic rings. The first-order chi connectivity index (χ1) is 14.1. The first-order valence-electron chi connectivity index (χ1n) is 8.98. The Morgan fingerprint density at radius 2 is 2.03 bits per heavy atom. The molecular weight excluding hydrogens is 406 g/mol. The molecule has 0 fully saturated rings. The summed E-state index contributed by atoms with van der Waals surface area (Å²) in [5, 5.41) is 1.20. The number of aryl methyl sites for hydroxylation is 1. The number of methoxy groups -OCH3 is 1. The van der Waals surface area contributed by atoms with Crippen molar-refractivity contribution in [1.82, 2.24) is 9.97 Å². The number of halogens is 1. The molecule has 146 valence electrons. The highest BCUT2D eigenvalue weighted by atomic mass is 35.5. The van der Waals surface area contributed by atoms with E-state index in [0.29, 0.717) is 28.0 Å². The Hall–Kier alpha value is -2.96. The van der Waals surface area contributed by atoms with Crippen LogP contribution in [-0.4, -0.2) is 23.0 Å². The Balaban J connectivity index is 1.81. The summed E-state index contributed by atoms with van der Waals surface area (Å²) in [5.41, 5.74) is 3.11. The highest BCUT2D eigenvalue weighted by Crippen LogP contribution is 2.36. The van der Waals surface area contributed by atoms with Gasteiger partial charge in [-0.15, -0.1) is 0 Å². The molecule has 0 saturated heterocycles. The van der Waals surface area contributed by atoms with Crippen molar-refractivity contribution in [2.45, 2.75) is 13.5 Å². The number of fused-ring (bicyclic) bond motifs is 1. The van der Waals surface area contributed by atoms with Gasteiger partial charge in [-0.2, -0.15) is 0 Å². The van der Waals surface area contributed by atoms with Crippen molar-refractivity contribution >= 4 is 44.2 Å². The highest BCUT2D eigenvalue weighted by molar-refractivity contribution is 7.23. The van der Waals surface area contributed by atoms with Crippen molar-refractivity contribution in [2.24, 2.45) is 0 Å². The van der Waals surface area contributed by atoms with Gasteiger partial charge in [0, 0.05) is 11.8 Å². The van der Waals surface area contributed by atoms with Gasteiger partial charge in [0.1, 0.15) is 5.75 Å². The quantitative estimate of drug-likeness (QED) is 0.424. The molecular formula is C22H18ClN3O2S. The lowest BCUT2D eigenvalue weighted by Gasteiger charge is -2.20. The molecule has 0 unspecified atom stereocenters. The van der Waals surface area contributed by atoms with Crippen LogP contribution in [0.1, 0.15) is 21.6 Å². The Morgan fingerprint density at radius 3 is 2.76 bits per heavy atom. The second-order valence-corrected chi connectivity index (χ2v) is 7.87. The molecule has 0 aliphatic rings. The smallest absolute Gasteiger partial charge is 0.260 e. The van der Waals surface area contributed by atoms with E-state index in [9.17, 15) is 4.79 Å². The van der Waals surface area contributed by atoms with Gasteiger partial charge in [0.05, 0.1) is 34.6 Å². The second kappa shape index (κ2) is 8.19. The number of benzene rings is 2. The van der Waals surface area contributed by atoms with Gasteiger partial charge in [0.15, 0.2) is 5.13 Å². The van der Waals surface area contributed by atoms with Gasteiger partial charge in [-0.1, -0.05) is 41.1 Å². The van der Waals surface area contributed by atoms with Crippen molar-refractivity contribution in [3.8, 4) is 5.75 Å². The van der Waals surface area contributed by atoms with E-state index in [0.717, 1.165) is 21.5 Å². The number of hydrogen-bond acceptors (Lipinski definition) is 5. The van der Waals surface area contributed by atoms with Gasteiger partial charge in [0.25, 0.3) is 5.91 Å². The van der Waals surface area contributed by atoms with Gasteiger partial charge in [-0.25, -0.2) is 4.98 Å². The van der Waals surface area contributed by atoms with E-state index in [1.807, 2.05) is 37.3 Å². The predicted octanol–water partition coefficient (Wildman–Crippen LogP) is 5.51. The molecule has 4 rings (SSSR count). The van der Waals surface area contributed by atoms with E-state index in [1.54, 1.807) is 42.5 Å². The minimum Gasteiger partial charge on any atom is -0.497 e. The Kier molecular flexibility index (Phi) is 5.47. The van der Waals surface area contributed by atoms with E-state index in [2.05, 4.69) is 4.98 Å². The zero-order valence-electron chi connectivity index (χ0n) is 15.9. The zero-order chi connectivity index (χ0) is 20.4. The molecule has 2 heterocycles. The first kappa shape index (κ1) is 19.4. The third kappa shape index (κ3) is 3.95. The van der Waals surface area contributed by atoms with Crippen LogP contribution in [0.15, 0.2) is 60.8 Å². The fraction of sp³-hybridized carbons (Fsp3) is 0.136. The number of carbonyl (C=O) groups is 1. The van der Waals surface area contributed by atoms with Crippen molar-refractivity contribution in [2.75, 3.05) is 12.0 Å². The van der Waals surface area contributed by atoms with Gasteiger partial charge in [-0.3, -0.25) is 14.7 Å². The van der Waals surface area contributed by atoms with Crippen LogP contribution in [0.4, 0.5) is 5.13 Å². The molecule has 0 N–H and O–H groups in total. The molecule has 0 bridgehead atoms. The van der Waals surface area contributed by atoms with Gasteiger partial charge in [0.2, 0.25) is 0 Å². The summed E-state index contributed by atoms with van der Waals surface area (Å²) < 4.78 is 6.14. The van der Waals surface area contributed by atoms with Crippen molar-refractivity contribution < 1.29 is 9.53 Å². The number of anilines is 1. The van der Waals surface area contributed by atoms with Crippen LogP contribution in [0.2, 0.25) is 5.02 Å². The summed E-state index contributed by atoms with van der Waals surface area (Å²) in [6, 6.07) is 16.5. The van der Waals surface area contributed by atoms with Crippen molar-refractivity contribution in [3.05, 3.63) is 82.6 Å². The summed E-state index contributed by atoms with van der Waals surface area (Å²) in [5.74, 6) is 0.444.